The molecule has 0 amide bonds. The van der Waals surface area contributed by atoms with Gasteiger partial charge in [-0.25, -0.2) is 0 Å². The van der Waals surface area contributed by atoms with Gasteiger partial charge in [-0.2, -0.15) is 0 Å². The predicted molar refractivity (Wildman–Crippen MR) is 76.7 cm³/mol. The number of benzene rings is 1. The van der Waals surface area contributed by atoms with Gasteiger partial charge in [0, 0.05) is 11.6 Å². The fourth-order valence-electron chi connectivity index (χ4n) is 1.89. The van der Waals surface area contributed by atoms with Crippen LogP contribution in [0.25, 0.3) is 10.9 Å². The van der Waals surface area contributed by atoms with Crippen LogP contribution < -0.4 is 10.1 Å². The second-order valence-corrected chi connectivity index (χ2v) is 4.23. The SMILES string of the molecule is CCOC(=O)C(COc1cccc2ncccc12)NC. The number of esters is 1. The van der Waals surface area contributed by atoms with Gasteiger partial charge in [-0.05, 0) is 38.2 Å². The maximum atomic E-state index is 11.7. The van der Waals surface area contributed by atoms with E-state index in [-0.39, 0.29) is 12.6 Å². The number of fused-ring (bicyclic) bond motifs is 1. The Morgan fingerprint density at radius 1 is 1.35 bits per heavy atom. The Morgan fingerprint density at radius 3 is 2.95 bits per heavy atom. The van der Waals surface area contributed by atoms with E-state index < -0.39 is 6.04 Å². The fourth-order valence-corrected chi connectivity index (χ4v) is 1.89. The second kappa shape index (κ2) is 6.86. The van der Waals surface area contributed by atoms with Crippen LogP contribution in [0.3, 0.4) is 0 Å². The molecule has 0 radical (unpaired) electrons. The molecule has 1 aromatic carbocycles. The lowest BCUT2D eigenvalue weighted by Gasteiger charge is -2.16. The van der Waals surface area contributed by atoms with Gasteiger partial charge in [0.1, 0.15) is 18.4 Å². The van der Waals surface area contributed by atoms with Gasteiger partial charge >= 0.3 is 5.97 Å². The van der Waals surface area contributed by atoms with Crippen molar-refractivity contribution in [3.63, 3.8) is 0 Å². The van der Waals surface area contributed by atoms with Crippen LogP contribution in [0.15, 0.2) is 36.5 Å². The van der Waals surface area contributed by atoms with Gasteiger partial charge in [-0.1, -0.05) is 6.07 Å². The monoisotopic (exact) mass is 274 g/mol. The van der Waals surface area contributed by atoms with Gasteiger partial charge in [0.2, 0.25) is 0 Å². The Kier molecular flexibility index (Phi) is 4.90. The lowest BCUT2D eigenvalue weighted by atomic mass is 10.2. The Bertz CT molecular complexity index is 581. The molecule has 1 unspecified atom stereocenters. The summed E-state index contributed by atoms with van der Waals surface area (Å²) in [5.41, 5.74) is 0.863. The third-order valence-corrected chi connectivity index (χ3v) is 2.93. The smallest absolute Gasteiger partial charge is 0.326 e. The average Bonchev–Trinajstić information content (AvgIpc) is 2.48. The molecule has 1 aromatic heterocycles. The molecule has 0 bridgehead atoms. The van der Waals surface area contributed by atoms with Crippen molar-refractivity contribution in [2.24, 2.45) is 0 Å². The molecule has 1 atom stereocenters. The fraction of sp³-hybridized carbons (Fsp3) is 0.333. The Labute approximate surface area is 117 Å². The molecule has 0 fully saturated rings. The summed E-state index contributed by atoms with van der Waals surface area (Å²) >= 11 is 0. The molecule has 20 heavy (non-hydrogen) atoms. The zero-order chi connectivity index (χ0) is 14.4. The first kappa shape index (κ1) is 14.3. The highest BCUT2D eigenvalue weighted by molar-refractivity contribution is 5.84. The molecule has 0 aliphatic carbocycles. The van der Waals surface area contributed by atoms with Crippen LogP contribution in [0.2, 0.25) is 0 Å². The van der Waals surface area contributed by atoms with E-state index in [0.29, 0.717) is 12.4 Å². The summed E-state index contributed by atoms with van der Waals surface area (Å²) in [6.45, 7) is 2.35. The maximum absolute atomic E-state index is 11.7. The van der Waals surface area contributed by atoms with Crippen molar-refractivity contribution in [3.8, 4) is 5.75 Å². The van der Waals surface area contributed by atoms with E-state index in [4.69, 9.17) is 9.47 Å². The summed E-state index contributed by atoms with van der Waals surface area (Å²) < 4.78 is 10.7. The van der Waals surface area contributed by atoms with Gasteiger partial charge < -0.3 is 14.8 Å². The molecule has 2 rings (SSSR count). The van der Waals surface area contributed by atoms with Crippen molar-refractivity contribution < 1.29 is 14.3 Å². The minimum Gasteiger partial charge on any atom is -0.491 e. The van der Waals surface area contributed by atoms with Crippen LogP contribution in [0, 0.1) is 0 Å². The summed E-state index contributed by atoms with van der Waals surface area (Å²) in [6, 6.07) is 8.97. The largest absolute Gasteiger partial charge is 0.491 e. The average molecular weight is 274 g/mol. The molecule has 5 nitrogen and oxygen atoms in total. The summed E-state index contributed by atoms with van der Waals surface area (Å²) in [6.07, 6.45) is 1.74. The molecular weight excluding hydrogens is 256 g/mol. The first-order valence-electron chi connectivity index (χ1n) is 6.56. The number of nitrogens with zero attached hydrogens (tertiary/aromatic N) is 1. The van der Waals surface area contributed by atoms with E-state index >= 15 is 0 Å². The molecule has 2 aromatic rings. The molecule has 0 saturated carbocycles. The maximum Gasteiger partial charge on any atom is 0.326 e. The number of ether oxygens (including phenoxy) is 2. The van der Waals surface area contributed by atoms with Crippen LogP contribution in [-0.4, -0.2) is 37.3 Å². The van der Waals surface area contributed by atoms with Gasteiger partial charge in [0.05, 0.1) is 12.1 Å². The normalized spacial score (nSPS) is 12.1. The number of pyridine rings is 1. The Hall–Kier alpha value is -2.14. The molecule has 1 heterocycles. The minimum atomic E-state index is -0.484. The predicted octanol–water partition coefficient (Wildman–Crippen LogP) is 1.76. The number of carbonyl (C=O) groups is 1. The van der Waals surface area contributed by atoms with Crippen molar-refractivity contribution in [2.75, 3.05) is 20.3 Å². The van der Waals surface area contributed by atoms with E-state index in [2.05, 4.69) is 10.3 Å². The first-order valence-corrected chi connectivity index (χ1v) is 6.56. The lowest BCUT2D eigenvalue weighted by Crippen LogP contribution is -2.40. The van der Waals surface area contributed by atoms with Crippen molar-refractivity contribution in [1.82, 2.24) is 10.3 Å². The first-order chi connectivity index (χ1) is 9.76. The van der Waals surface area contributed by atoms with Crippen LogP contribution in [0.4, 0.5) is 0 Å². The van der Waals surface area contributed by atoms with Crippen molar-refractivity contribution in [1.29, 1.82) is 0 Å². The summed E-state index contributed by atoms with van der Waals surface area (Å²) in [4.78, 5) is 15.9. The summed E-state index contributed by atoms with van der Waals surface area (Å²) in [5, 5.41) is 3.81. The van der Waals surface area contributed by atoms with E-state index in [1.807, 2.05) is 30.3 Å². The topological polar surface area (TPSA) is 60.5 Å². The van der Waals surface area contributed by atoms with Crippen molar-refractivity contribution >= 4 is 16.9 Å². The van der Waals surface area contributed by atoms with E-state index in [0.717, 1.165) is 10.9 Å². The third-order valence-electron chi connectivity index (χ3n) is 2.93. The molecule has 1 N–H and O–H groups in total. The van der Waals surface area contributed by atoms with Crippen LogP contribution in [0.1, 0.15) is 6.92 Å². The summed E-state index contributed by atoms with van der Waals surface area (Å²) in [5.74, 6) is 0.397. The van der Waals surface area contributed by atoms with E-state index in [1.54, 1.807) is 20.2 Å². The molecule has 0 saturated heterocycles. The highest BCUT2D eigenvalue weighted by Gasteiger charge is 2.18. The number of hydrogen-bond donors (Lipinski definition) is 1. The van der Waals surface area contributed by atoms with Crippen LogP contribution in [-0.2, 0) is 9.53 Å². The number of hydrogen-bond acceptors (Lipinski definition) is 5. The molecule has 106 valence electrons. The standard InChI is InChI=1S/C15H18N2O3/c1-3-19-15(18)13(16-2)10-20-14-8-4-7-12-11(14)6-5-9-17-12/h4-9,13,16H,3,10H2,1-2H3. The van der Waals surface area contributed by atoms with Gasteiger partial charge in [-0.15, -0.1) is 0 Å². The zero-order valence-corrected chi connectivity index (χ0v) is 11.6. The number of aromatic nitrogens is 1. The van der Waals surface area contributed by atoms with E-state index in [1.165, 1.54) is 0 Å². The quantitative estimate of drug-likeness (QED) is 0.813. The van der Waals surface area contributed by atoms with Gasteiger partial charge in [-0.3, -0.25) is 9.78 Å². The van der Waals surface area contributed by atoms with Crippen LogP contribution in [0.5, 0.6) is 5.75 Å². The number of rotatable bonds is 6. The second-order valence-electron chi connectivity index (χ2n) is 4.23. The lowest BCUT2D eigenvalue weighted by molar-refractivity contribution is -0.146. The van der Waals surface area contributed by atoms with Crippen molar-refractivity contribution in [3.05, 3.63) is 36.5 Å². The number of likely N-dealkylation sites (N-methyl/N-ethyl adjacent to an activating group) is 1. The highest BCUT2D eigenvalue weighted by atomic mass is 16.5. The third kappa shape index (κ3) is 3.24. The number of carbonyl (C=O) groups excluding carboxylic acids is 1. The Balaban J connectivity index is 2.10. The number of nitrogens with one attached hydrogen (secondary N) is 1. The molecule has 0 aliphatic rings. The molecule has 5 heteroatoms. The van der Waals surface area contributed by atoms with Gasteiger partial charge in [0.25, 0.3) is 0 Å². The van der Waals surface area contributed by atoms with Gasteiger partial charge in [0.15, 0.2) is 0 Å². The Morgan fingerprint density at radius 2 is 2.20 bits per heavy atom. The zero-order valence-electron chi connectivity index (χ0n) is 11.6. The molecule has 0 aliphatic heterocycles. The van der Waals surface area contributed by atoms with Crippen molar-refractivity contribution in [2.45, 2.75) is 13.0 Å². The summed E-state index contributed by atoms with van der Waals surface area (Å²) in [7, 11) is 1.70. The molecular formula is C15H18N2O3. The highest BCUT2D eigenvalue weighted by Crippen LogP contribution is 2.23. The van der Waals surface area contributed by atoms with Crippen LogP contribution >= 0.6 is 0 Å². The minimum absolute atomic E-state index is 0.212. The molecule has 0 spiro atoms. The van der Waals surface area contributed by atoms with E-state index in [9.17, 15) is 4.79 Å².